The normalized spacial score (nSPS) is 10.5. The zero-order valence-electron chi connectivity index (χ0n) is 8.83. The number of hydrogen-bond acceptors (Lipinski definition) is 2. The van der Waals surface area contributed by atoms with E-state index in [1.54, 1.807) is 19.4 Å². The summed E-state index contributed by atoms with van der Waals surface area (Å²) >= 11 is 0. The molecule has 0 fully saturated rings. The second-order valence-corrected chi connectivity index (χ2v) is 3.41. The van der Waals surface area contributed by atoms with Crippen LogP contribution in [0.3, 0.4) is 0 Å². The molecule has 1 aromatic carbocycles. The highest BCUT2D eigenvalue weighted by atomic mass is 16.5. The Morgan fingerprint density at radius 3 is 2.87 bits per heavy atom. The van der Waals surface area contributed by atoms with Crippen LogP contribution in [0.15, 0.2) is 29.2 Å². The van der Waals surface area contributed by atoms with Crippen molar-refractivity contribution in [3.05, 3.63) is 40.2 Å². The molecule has 0 unspecified atom stereocenters. The van der Waals surface area contributed by atoms with Crippen molar-refractivity contribution >= 4 is 10.9 Å². The predicted octanol–water partition coefficient (Wildman–Crippen LogP) is 2.10. The zero-order valence-corrected chi connectivity index (χ0v) is 8.83. The van der Waals surface area contributed by atoms with Crippen molar-refractivity contribution in [2.45, 2.75) is 13.3 Å². The van der Waals surface area contributed by atoms with Gasteiger partial charge in [-0.1, -0.05) is 6.92 Å². The molecular formula is C12H13NO2. The topological polar surface area (TPSA) is 42.1 Å². The van der Waals surface area contributed by atoms with E-state index in [4.69, 9.17) is 4.74 Å². The van der Waals surface area contributed by atoms with Crippen LogP contribution in [0.4, 0.5) is 0 Å². The average molecular weight is 203 g/mol. The molecule has 0 saturated heterocycles. The number of aromatic amines is 1. The minimum absolute atomic E-state index is 0.0182. The third-order valence-corrected chi connectivity index (χ3v) is 2.54. The second kappa shape index (κ2) is 3.77. The van der Waals surface area contributed by atoms with Gasteiger partial charge in [0.2, 0.25) is 0 Å². The van der Waals surface area contributed by atoms with E-state index in [2.05, 4.69) is 11.9 Å². The maximum absolute atomic E-state index is 11.6. The van der Waals surface area contributed by atoms with Crippen LogP contribution in [0.2, 0.25) is 0 Å². The minimum atomic E-state index is 0.0182. The van der Waals surface area contributed by atoms with Crippen LogP contribution in [-0.4, -0.2) is 12.1 Å². The van der Waals surface area contributed by atoms with E-state index in [-0.39, 0.29) is 5.43 Å². The maximum atomic E-state index is 11.6. The van der Waals surface area contributed by atoms with E-state index < -0.39 is 0 Å². The van der Waals surface area contributed by atoms with Crippen molar-refractivity contribution < 1.29 is 4.74 Å². The first-order chi connectivity index (χ1) is 7.26. The van der Waals surface area contributed by atoms with Gasteiger partial charge in [0, 0.05) is 23.2 Å². The highest BCUT2D eigenvalue weighted by molar-refractivity contribution is 5.81. The number of rotatable bonds is 2. The summed E-state index contributed by atoms with van der Waals surface area (Å²) in [6.45, 7) is 2.06. The van der Waals surface area contributed by atoms with Crippen molar-refractivity contribution in [1.29, 1.82) is 0 Å². The van der Waals surface area contributed by atoms with Gasteiger partial charge < -0.3 is 9.72 Å². The van der Waals surface area contributed by atoms with E-state index in [1.807, 2.05) is 6.07 Å². The summed E-state index contributed by atoms with van der Waals surface area (Å²) in [5.74, 6) is 0.779. The Bertz CT molecular complexity index is 543. The Morgan fingerprint density at radius 2 is 2.20 bits per heavy atom. The average Bonchev–Trinajstić information content (AvgIpc) is 2.28. The number of nitrogens with one attached hydrogen (secondary N) is 1. The van der Waals surface area contributed by atoms with Crippen LogP contribution in [0, 0.1) is 0 Å². The number of methoxy groups -OCH3 is 1. The molecule has 1 aromatic heterocycles. The quantitative estimate of drug-likeness (QED) is 0.812. The predicted molar refractivity (Wildman–Crippen MR) is 60.5 cm³/mol. The van der Waals surface area contributed by atoms with Crippen LogP contribution in [0.1, 0.15) is 12.5 Å². The Hall–Kier alpha value is -1.77. The molecule has 15 heavy (non-hydrogen) atoms. The summed E-state index contributed by atoms with van der Waals surface area (Å²) in [6, 6.07) is 5.29. The molecule has 0 atom stereocenters. The van der Waals surface area contributed by atoms with Gasteiger partial charge in [-0.15, -0.1) is 0 Å². The molecule has 0 aliphatic carbocycles. The van der Waals surface area contributed by atoms with Crippen molar-refractivity contribution in [2.75, 3.05) is 7.11 Å². The van der Waals surface area contributed by atoms with Crippen molar-refractivity contribution in [2.24, 2.45) is 0 Å². The monoisotopic (exact) mass is 203 g/mol. The number of benzene rings is 1. The van der Waals surface area contributed by atoms with Crippen molar-refractivity contribution in [3.63, 3.8) is 0 Å². The fraction of sp³-hybridized carbons (Fsp3) is 0.250. The van der Waals surface area contributed by atoms with E-state index in [0.717, 1.165) is 23.3 Å². The molecule has 3 nitrogen and oxygen atoms in total. The lowest BCUT2D eigenvalue weighted by Gasteiger charge is -2.07. The van der Waals surface area contributed by atoms with Gasteiger partial charge in [0.1, 0.15) is 5.75 Å². The molecule has 0 saturated carbocycles. The van der Waals surface area contributed by atoms with Crippen LogP contribution in [-0.2, 0) is 6.42 Å². The number of ether oxygens (including phenoxy) is 1. The van der Waals surface area contributed by atoms with Crippen LogP contribution in [0.5, 0.6) is 5.75 Å². The Kier molecular flexibility index (Phi) is 2.46. The fourth-order valence-corrected chi connectivity index (χ4v) is 1.71. The molecule has 2 rings (SSSR count). The lowest BCUT2D eigenvalue weighted by atomic mass is 10.1. The van der Waals surface area contributed by atoms with E-state index >= 15 is 0 Å². The molecule has 1 heterocycles. The van der Waals surface area contributed by atoms with Gasteiger partial charge in [-0.2, -0.15) is 0 Å². The third-order valence-electron chi connectivity index (χ3n) is 2.54. The summed E-state index contributed by atoms with van der Waals surface area (Å²) in [5.41, 5.74) is 1.98. The standard InChI is InChI=1S/C12H13NO2/c1-3-8-6-10-9(7-12(8)15-2)11(14)4-5-13-10/h4-7H,3H2,1-2H3,(H,13,14). The number of H-pyrrole nitrogens is 1. The fourth-order valence-electron chi connectivity index (χ4n) is 1.71. The van der Waals surface area contributed by atoms with Gasteiger partial charge >= 0.3 is 0 Å². The van der Waals surface area contributed by atoms with E-state index in [9.17, 15) is 4.79 Å². The number of hydrogen-bond donors (Lipinski definition) is 1. The number of aromatic nitrogens is 1. The van der Waals surface area contributed by atoms with Gasteiger partial charge in [-0.25, -0.2) is 0 Å². The summed E-state index contributed by atoms with van der Waals surface area (Å²) in [7, 11) is 1.62. The van der Waals surface area contributed by atoms with Crippen LogP contribution < -0.4 is 10.2 Å². The lowest BCUT2D eigenvalue weighted by molar-refractivity contribution is 0.411. The van der Waals surface area contributed by atoms with Gasteiger partial charge in [-0.3, -0.25) is 4.79 Å². The summed E-state index contributed by atoms with van der Waals surface area (Å²) in [4.78, 5) is 14.6. The van der Waals surface area contributed by atoms with E-state index in [1.165, 1.54) is 6.07 Å². The summed E-state index contributed by atoms with van der Waals surface area (Å²) < 4.78 is 5.25. The number of pyridine rings is 1. The second-order valence-electron chi connectivity index (χ2n) is 3.41. The van der Waals surface area contributed by atoms with Crippen molar-refractivity contribution in [1.82, 2.24) is 4.98 Å². The maximum Gasteiger partial charge on any atom is 0.189 e. The molecule has 0 aliphatic heterocycles. The van der Waals surface area contributed by atoms with Gasteiger partial charge in [-0.05, 0) is 24.1 Å². The number of aryl methyl sites for hydroxylation is 1. The lowest BCUT2D eigenvalue weighted by Crippen LogP contribution is -2.01. The van der Waals surface area contributed by atoms with Crippen molar-refractivity contribution in [3.8, 4) is 5.75 Å². The molecule has 78 valence electrons. The zero-order chi connectivity index (χ0) is 10.8. The molecule has 0 radical (unpaired) electrons. The smallest absolute Gasteiger partial charge is 0.189 e. The first-order valence-corrected chi connectivity index (χ1v) is 4.94. The van der Waals surface area contributed by atoms with Gasteiger partial charge in [0.15, 0.2) is 5.43 Å². The molecule has 1 N–H and O–H groups in total. The van der Waals surface area contributed by atoms with Gasteiger partial charge in [0.05, 0.1) is 7.11 Å². The highest BCUT2D eigenvalue weighted by Gasteiger charge is 2.05. The molecule has 0 spiro atoms. The highest BCUT2D eigenvalue weighted by Crippen LogP contribution is 2.23. The summed E-state index contributed by atoms with van der Waals surface area (Å²) in [6.07, 6.45) is 2.55. The third kappa shape index (κ3) is 1.61. The molecule has 0 aliphatic rings. The number of fused-ring (bicyclic) bond motifs is 1. The first kappa shape index (κ1) is 9.77. The Morgan fingerprint density at radius 1 is 1.40 bits per heavy atom. The molecule has 3 heteroatoms. The molecule has 0 bridgehead atoms. The molecule has 0 amide bonds. The molecular weight excluding hydrogens is 190 g/mol. The van der Waals surface area contributed by atoms with E-state index in [0.29, 0.717) is 5.39 Å². The minimum Gasteiger partial charge on any atom is -0.496 e. The molecule has 2 aromatic rings. The van der Waals surface area contributed by atoms with Crippen LogP contribution in [0.25, 0.3) is 10.9 Å². The summed E-state index contributed by atoms with van der Waals surface area (Å²) in [5, 5.41) is 0.673. The van der Waals surface area contributed by atoms with Gasteiger partial charge in [0.25, 0.3) is 0 Å². The van der Waals surface area contributed by atoms with Crippen LogP contribution >= 0.6 is 0 Å². The SMILES string of the molecule is CCc1cc2[nH]ccc(=O)c2cc1OC. The first-order valence-electron chi connectivity index (χ1n) is 4.94. The Balaban J connectivity index is 2.81. The largest absolute Gasteiger partial charge is 0.496 e. The Labute approximate surface area is 87.7 Å².